The summed E-state index contributed by atoms with van der Waals surface area (Å²) < 4.78 is 30.6. The molecule has 2 saturated heterocycles. The molecule has 0 atom stereocenters. The second kappa shape index (κ2) is 7.21. The van der Waals surface area contributed by atoms with Gasteiger partial charge in [0.1, 0.15) is 11.3 Å². The van der Waals surface area contributed by atoms with Crippen molar-refractivity contribution in [3.8, 4) is 0 Å². The lowest BCUT2D eigenvalue weighted by Crippen LogP contribution is -2.44. The van der Waals surface area contributed by atoms with E-state index in [1.165, 1.54) is 4.31 Å². The normalized spacial score (nSPS) is 20.3. The van der Waals surface area contributed by atoms with Crippen LogP contribution in [0.1, 0.15) is 35.4 Å². The first-order valence-corrected chi connectivity index (χ1v) is 10.9. The van der Waals surface area contributed by atoms with Gasteiger partial charge in [-0.25, -0.2) is 4.98 Å². The maximum Gasteiger partial charge on any atom is 0.282 e. The number of aryl methyl sites for hydroxylation is 1. The Morgan fingerprint density at radius 3 is 2.41 bits per heavy atom. The summed E-state index contributed by atoms with van der Waals surface area (Å²) in [5, 5.41) is 0. The molecule has 27 heavy (non-hydrogen) atoms. The highest BCUT2D eigenvalue weighted by Crippen LogP contribution is 2.20. The second-order valence-electron chi connectivity index (χ2n) is 7.13. The number of fused-ring (bicyclic) bond motifs is 1. The van der Waals surface area contributed by atoms with Crippen LogP contribution in [0.25, 0.3) is 5.65 Å². The fourth-order valence-electron chi connectivity index (χ4n) is 3.88. The van der Waals surface area contributed by atoms with Gasteiger partial charge in [0.2, 0.25) is 0 Å². The number of nitrogens with zero attached hydrogens (tertiary/aromatic N) is 5. The van der Waals surface area contributed by atoms with E-state index in [2.05, 4.69) is 4.98 Å². The number of aromatic nitrogens is 2. The third-order valence-electron chi connectivity index (χ3n) is 5.43. The number of hydrogen-bond acceptors (Lipinski definition) is 4. The van der Waals surface area contributed by atoms with Crippen molar-refractivity contribution in [1.29, 1.82) is 0 Å². The van der Waals surface area contributed by atoms with Gasteiger partial charge >= 0.3 is 0 Å². The van der Waals surface area contributed by atoms with Crippen LogP contribution in [0.2, 0.25) is 0 Å². The van der Waals surface area contributed by atoms with Crippen LogP contribution >= 0.6 is 0 Å². The van der Waals surface area contributed by atoms with Crippen molar-refractivity contribution >= 4 is 21.8 Å². The Bertz CT molecular complexity index is 949. The highest BCUT2D eigenvalue weighted by Gasteiger charge is 2.34. The fraction of sp³-hybridized carbons (Fsp3) is 0.556. The summed E-state index contributed by atoms with van der Waals surface area (Å²) in [6.45, 7) is 4.79. The van der Waals surface area contributed by atoms with Gasteiger partial charge in [0, 0.05) is 45.5 Å². The Labute approximate surface area is 159 Å². The summed E-state index contributed by atoms with van der Waals surface area (Å²) in [4.78, 5) is 19.2. The van der Waals surface area contributed by atoms with Gasteiger partial charge in [0.25, 0.3) is 16.1 Å². The molecular weight excluding hydrogens is 366 g/mol. The molecule has 2 fully saturated rings. The van der Waals surface area contributed by atoms with Gasteiger partial charge in [-0.1, -0.05) is 6.07 Å². The monoisotopic (exact) mass is 391 g/mol. The zero-order valence-corrected chi connectivity index (χ0v) is 16.4. The Balaban J connectivity index is 1.50. The molecule has 0 spiro atoms. The molecule has 0 bridgehead atoms. The van der Waals surface area contributed by atoms with E-state index in [9.17, 15) is 13.2 Å². The minimum absolute atomic E-state index is 0.128. The molecule has 1 amide bonds. The number of carbonyl (C=O) groups is 1. The van der Waals surface area contributed by atoms with Crippen molar-refractivity contribution in [2.75, 3.05) is 39.3 Å². The summed E-state index contributed by atoms with van der Waals surface area (Å²) in [5.74, 6) is -0.128. The molecule has 0 radical (unpaired) electrons. The van der Waals surface area contributed by atoms with Gasteiger partial charge in [-0.05, 0) is 38.3 Å². The van der Waals surface area contributed by atoms with E-state index in [4.69, 9.17) is 0 Å². The van der Waals surface area contributed by atoms with Crippen molar-refractivity contribution in [1.82, 2.24) is 22.9 Å². The standard InChI is InChI=1S/C18H25N5O3S/c1-15-17(19-16-7-2-3-12-23(15)16)18(24)20-8-6-11-22(14-13-20)27(25,26)21-9-4-5-10-21/h2-3,7,12H,4-6,8-11,13-14H2,1H3. The maximum atomic E-state index is 13.0. The van der Waals surface area contributed by atoms with Crippen molar-refractivity contribution in [3.05, 3.63) is 35.8 Å². The van der Waals surface area contributed by atoms with Gasteiger partial charge in [-0.3, -0.25) is 4.79 Å². The lowest BCUT2D eigenvalue weighted by atomic mass is 10.3. The highest BCUT2D eigenvalue weighted by atomic mass is 32.2. The van der Waals surface area contributed by atoms with E-state index in [1.807, 2.05) is 35.7 Å². The molecule has 2 aromatic heterocycles. The fourth-order valence-corrected chi connectivity index (χ4v) is 5.60. The second-order valence-corrected chi connectivity index (χ2v) is 9.06. The molecular formula is C18H25N5O3S. The zero-order chi connectivity index (χ0) is 19.0. The van der Waals surface area contributed by atoms with Crippen molar-refractivity contribution in [2.24, 2.45) is 0 Å². The topological polar surface area (TPSA) is 78.2 Å². The van der Waals surface area contributed by atoms with Gasteiger partial charge in [0.15, 0.2) is 0 Å². The number of imidazole rings is 1. The third-order valence-corrected chi connectivity index (χ3v) is 7.47. The van der Waals surface area contributed by atoms with Crippen LogP contribution < -0.4 is 0 Å². The van der Waals surface area contributed by atoms with Gasteiger partial charge in [-0.15, -0.1) is 0 Å². The molecule has 2 aromatic rings. The van der Waals surface area contributed by atoms with Crippen LogP contribution in [0, 0.1) is 6.92 Å². The van der Waals surface area contributed by atoms with Crippen LogP contribution in [-0.4, -0.2) is 76.5 Å². The number of pyridine rings is 1. The molecule has 0 unspecified atom stereocenters. The maximum absolute atomic E-state index is 13.0. The smallest absolute Gasteiger partial charge is 0.282 e. The molecule has 4 heterocycles. The van der Waals surface area contributed by atoms with Crippen LogP contribution in [-0.2, 0) is 10.2 Å². The number of rotatable bonds is 3. The van der Waals surface area contributed by atoms with Crippen LogP contribution in [0.3, 0.4) is 0 Å². The number of hydrogen-bond donors (Lipinski definition) is 0. The Morgan fingerprint density at radius 2 is 1.67 bits per heavy atom. The summed E-state index contributed by atoms with van der Waals surface area (Å²) in [6, 6.07) is 5.67. The molecule has 0 N–H and O–H groups in total. The van der Waals surface area contributed by atoms with Crippen molar-refractivity contribution < 1.29 is 13.2 Å². The van der Waals surface area contributed by atoms with Gasteiger partial charge in [-0.2, -0.15) is 17.0 Å². The summed E-state index contributed by atoms with van der Waals surface area (Å²) in [6.07, 6.45) is 4.36. The number of amides is 1. The Morgan fingerprint density at radius 1 is 0.963 bits per heavy atom. The minimum atomic E-state index is -3.42. The molecule has 146 valence electrons. The van der Waals surface area contributed by atoms with Crippen LogP contribution in [0.15, 0.2) is 24.4 Å². The number of carbonyl (C=O) groups excluding carboxylic acids is 1. The zero-order valence-electron chi connectivity index (χ0n) is 15.5. The van der Waals surface area contributed by atoms with Crippen LogP contribution in [0.4, 0.5) is 0 Å². The van der Waals surface area contributed by atoms with Crippen LogP contribution in [0.5, 0.6) is 0 Å². The van der Waals surface area contributed by atoms with E-state index in [0.717, 1.165) is 24.2 Å². The summed E-state index contributed by atoms with van der Waals surface area (Å²) in [5.41, 5.74) is 1.99. The quantitative estimate of drug-likeness (QED) is 0.786. The predicted octanol–water partition coefficient (Wildman–Crippen LogP) is 1.13. The molecule has 0 aromatic carbocycles. The molecule has 0 aliphatic carbocycles. The van der Waals surface area contributed by atoms with Gasteiger partial charge < -0.3 is 9.30 Å². The molecule has 8 nitrogen and oxygen atoms in total. The average molecular weight is 391 g/mol. The SMILES string of the molecule is Cc1c(C(=O)N2CCCN(S(=O)(=O)N3CCCC3)CC2)nc2ccccn12. The van der Waals surface area contributed by atoms with E-state index >= 15 is 0 Å². The van der Waals surface area contributed by atoms with E-state index in [0.29, 0.717) is 51.4 Å². The molecule has 2 aliphatic rings. The van der Waals surface area contributed by atoms with Gasteiger partial charge in [0.05, 0.1) is 5.69 Å². The molecule has 4 rings (SSSR count). The van der Waals surface area contributed by atoms with Crippen molar-refractivity contribution in [2.45, 2.75) is 26.2 Å². The summed E-state index contributed by atoms with van der Waals surface area (Å²) in [7, 11) is -3.42. The Kier molecular flexibility index (Phi) is 4.92. The molecule has 9 heteroatoms. The first-order chi connectivity index (χ1) is 13.0. The third kappa shape index (κ3) is 3.35. The average Bonchev–Trinajstić information content (AvgIpc) is 3.24. The van der Waals surface area contributed by atoms with E-state index in [-0.39, 0.29) is 5.91 Å². The molecule has 2 aliphatic heterocycles. The lowest BCUT2D eigenvalue weighted by Gasteiger charge is -2.26. The summed E-state index contributed by atoms with van der Waals surface area (Å²) >= 11 is 0. The molecule has 0 saturated carbocycles. The lowest BCUT2D eigenvalue weighted by molar-refractivity contribution is 0.0758. The van der Waals surface area contributed by atoms with Crippen molar-refractivity contribution in [3.63, 3.8) is 0 Å². The largest absolute Gasteiger partial charge is 0.336 e. The van der Waals surface area contributed by atoms with E-state index in [1.54, 1.807) is 9.21 Å². The predicted molar refractivity (Wildman–Crippen MR) is 102 cm³/mol. The Hall–Kier alpha value is -1.97. The highest BCUT2D eigenvalue weighted by molar-refractivity contribution is 7.86. The minimum Gasteiger partial charge on any atom is -0.336 e. The first-order valence-electron chi connectivity index (χ1n) is 9.46. The van der Waals surface area contributed by atoms with E-state index < -0.39 is 10.2 Å². The first kappa shape index (κ1) is 18.4.